The van der Waals surface area contributed by atoms with E-state index in [0.29, 0.717) is 23.0 Å². The Morgan fingerprint density at radius 3 is 2.26 bits per heavy atom. The van der Waals surface area contributed by atoms with Gasteiger partial charge in [-0.25, -0.2) is 14.4 Å². The second-order valence-corrected chi connectivity index (χ2v) is 3.74. The zero-order valence-electron chi connectivity index (χ0n) is 10.9. The summed E-state index contributed by atoms with van der Waals surface area (Å²) in [5.74, 6) is 0.976. The van der Waals surface area contributed by atoms with Crippen LogP contribution in [-0.2, 0) is 0 Å². The van der Waals surface area contributed by atoms with Crippen molar-refractivity contribution in [2.24, 2.45) is 0 Å². The van der Waals surface area contributed by atoms with Gasteiger partial charge in [0, 0.05) is 18.7 Å². The van der Waals surface area contributed by atoms with Crippen LogP contribution in [0.3, 0.4) is 0 Å². The number of methoxy groups -OCH3 is 2. The molecular formula is C13H14FN3O2. The predicted octanol–water partition coefficient (Wildman–Crippen LogP) is 2.34. The van der Waals surface area contributed by atoms with Crippen molar-refractivity contribution in [1.29, 1.82) is 0 Å². The molecule has 0 aliphatic carbocycles. The maximum Gasteiger partial charge on any atom is 0.223 e. The van der Waals surface area contributed by atoms with Gasteiger partial charge in [0.1, 0.15) is 17.2 Å². The zero-order valence-corrected chi connectivity index (χ0v) is 10.9. The topological polar surface area (TPSA) is 56.3 Å². The van der Waals surface area contributed by atoms with E-state index >= 15 is 0 Å². The van der Waals surface area contributed by atoms with Crippen LogP contribution in [0, 0.1) is 5.82 Å². The Bertz CT molecular complexity index is 568. The van der Waals surface area contributed by atoms with Gasteiger partial charge in [-0.15, -0.1) is 0 Å². The van der Waals surface area contributed by atoms with Gasteiger partial charge in [0.05, 0.1) is 20.4 Å². The molecule has 5 nitrogen and oxygen atoms in total. The molecule has 0 radical (unpaired) electrons. The first-order valence-corrected chi connectivity index (χ1v) is 5.61. The number of rotatable bonds is 4. The highest BCUT2D eigenvalue weighted by molar-refractivity contribution is 5.65. The highest BCUT2D eigenvalue weighted by Gasteiger charge is 2.12. The van der Waals surface area contributed by atoms with E-state index in [-0.39, 0.29) is 5.69 Å². The summed E-state index contributed by atoms with van der Waals surface area (Å²) in [6.07, 6.45) is 1.13. The van der Waals surface area contributed by atoms with Gasteiger partial charge in [0.2, 0.25) is 5.95 Å². The van der Waals surface area contributed by atoms with Gasteiger partial charge in [-0.05, 0) is 12.1 Å². The minimum Gasteiger partial charge on any atom is -0.497 e. The Morgan fingerprint density at radius 1 is 1.11 bits per heavy atom. The van der Waals surface area contributed by atoms with Crippen LogP contribution >= 0.6 is 0 Å². The van der Waals surface area contributed by atoms with Gasteiger partial charge in [-0.3, -0.25) is 0 Å². The molecular weight excluding hydrogens is 249 g/mol. The standard InChI is InChI=1S/C13H14FN3O2/c1-15-13-16-7-11(14)12(17-13)8-4-9(18-2)6-10(5-8)19-3/h4-7H,1-3H3,(H,15,16,17). The average molecular weight is 263 g/mol. The molecule has 0 aliphatic rings. The lowest BCUT2D eigenvalue weighted by Crippen LogP contribution is -2.00. The molecule has 0 fully saturated rings. The number of halogens is 1. The molecule has 0 spiro atoms. The van der Waals surface area contributed by atoms with Gasteiger partial charge in [0.25, 0.3) is 0 Å². The average Bonchev–Trinajstić information content (AvgIpc) is 2.47. The molecule has 6 heteroatoms. The first-order valence-electron chi connectivity index (χ1n) is 5.61. The number of aromatic nitrogens is 2. The van der Waals surface area contributed by atoms with Crippen LogP contribution < -0.4 is 14.8 Å². The van der Waals surface area contributed by atoms with Gasteiger partial charge in [-0.1, -0.05) is 0 Å². The summed E-state index contributed by atoms with van der Waals surface area (Å²) in [7, 11) is 4.74. The minimum absolute atomic E-state index is 0.191. The van der Waals surface area contributed by atoms with Crippen LogP contribution in [0.25, 0.3) is 11.3 Å². The van der Waals surface area contributed by atoms with Crippen molar-refractivity contribution in [3.63, 3.8) is 0 Å². The van der Waals surface area contributed by atoms with Crippen molar-refractivity contribution in [1.82, 2.24) is 9.97 Å². The van der Waals surface area contributed by atoms with E-state index in [4.69, 9.17) is 9.47 Å². The molecule has 1 aromatic carbocycles. The summed E-state index contributed by atoms with van der Waals surface area (Å²) in [5, 5.41) is 2.77. The lowest BCUT2D eigenvalue weighted by molar-refractivity contribution is 0.394. The molecule has 0 unspecified atom stereocenters. The zero-order chi connectivity index (χ0) is 13.8. The van der Waals surface area contributed by atoms with Crippen LogP contribution in [0.15, 0.2) is 24.4 Å². The molecule has 100 valence electrons. The monoisotopic (exact) mass is 263 g/mol. The van der Waals surface area contributed by atoms with E-state index in [1.54, 1.807) is 25.2 Å². The Hall–Kier alpha value is -2.37. The SMILES string of the molecule is CNc1ncc(F)c(-c2cc(OC)cc(OC)c2)n1. The Balaban J connectivity index is 2.57. The third kappa shape index (κ3) is 2.73. The van der Waals surface area contributed by atoms with Crippen molar-refractivity contribution in [2.45, 2.75) is 0 Å². The number of ether oxygens (including phenoxy) is 2. The summed E-state index contributed by atoms with van der Waals surface area (Å²) in [5.41, 5.74) is 0.754. The highest BCUT2D eigenvalue weighted by Crippen LogP contribution is 2.30. The number of nitrogens with zero attached hydrogens (tertiary/aromatic N) is 2. The normalized spacial score (nSPS) is 10.1. The van der Waals surface area contributed by atoms with Crippen molar-refractivity contribution in [2.75, 3.05) is 26.6 Å². The van der Waals surface area contributed by atoms with Gasteiger partial charge in [-0.2, -0.15) is 0 Å². The van der Waals surface area contributed by atoms with Crippen molar-refractivity contribution in [3.05, 3.63) is 30.2 Å². The lowest BCUT2D eigenvalue weighted by Gasteiger charge is -2.09. The molecule has 2 aromatic rings. The number of hydrogen-bond donors (Lipinski definition) is 1. The number of hydrogen-bond acceptors (Lipinski definition) is 5. The van der Waals surface area contributed by atoms with E-state index in [2.05, 4.69) is 15.3 Å². The van der Waals surface area contributed by atoms with Crippen LogP contribution in [0.2, 0.25) is 0 Å². The quantitative estimate of drug-likeness (QED) is 0.917. The molecule has 0 saturated carbocycles. The summed E-state index contributed by atoms with van der Waals surface area (Å²) in [6.45, 7) is 0. The molecule has 1 aromatic heterocycles. The number of nitrogens with one attached hydrogen (secondary N) is 1. The maximum absolute atomic E-state index is 13.8. The first kappa shape index (κ1) is 13.1. The first-order chi connectivity index (χ1) is 9.17. The molecule has 1 N–H and O–H groups in total. The molecule has 2 rings (SSSR count). The third-order valence-corrected chi connectivity index (χ3v) is 2.59. The molecule has 0 aliphatic heterocycles. The Labute approximate surface area is 110 Å². The fraction of sp³-hybridized carbons (Fsp3) is 0.231. The lowest BCUT2D eigenvalue weighted by atomic mass is 10.1. The van der Waals surface area contributed by atoms with Gasteiger partial charge >= 0.3 is 0 Å². The summed E-state index contributed by atoms with van der Waals surface area (Å²) >= 11 is 0. The maximum atomic E-state index is 13.8. The third-order valence-electron chi connectivity index (χ3n) is 2.59. The molecule has 0 saturated heterocycles. The second-order valence-electron chi connectivity index (χ2n) is 3.74. The van der Waals surface area contributed by atoms with E-state index in [9.17, 15) is 4.39 Å². The smallest absolute Gasteiger partial charge is 0.223 e. The number of anilines is 1. The number of benzene rings is 1. The molecule has 19 heavy (non-hydrogen) atoms. The fourth-order valence-electron chi connectivity index (χ4n) is 1.63. The van der Waals surface area contributed by atoms with E-state index in [1.807, 2.05) is 0 Å². The van der Waals surface area contributed by atoms with Crippen molar-refractivity contribution < 1.29 is 13.9 Å². The van der Waals surface area contributed by atoms with Crippen LogP contribution in [-0.4, -0.2) is 31.2 Å². The summed E-state index contributed by atoms with van der Waals surface area (Å²) in [6, 6.07) is 5.09. The molecule has 0 amide bonds. The van der Waals surface area contributed by atoms with Crippen LogP contribution in [0.1, 0.15) is 0 Å². The van der Waals surface area contributed by atoms with Crippen LogP contribution in [0.5, 0.6) is 11.5 Å². The van der Waals surface area contributed by atoms with Crippen molar-refractivity contribution >= 4 is 5.95 Å². The Kier molecular flexibility index (Phi) is 3.79. The summed E-state index contributed by atoms with van der Waals surface area (Å²) in [4.78, 5) is 7.91. The highest BCUT2D eigenvalue weighted by atomic mass is 19.1. The van der Waals surface area contributed by atoms with Gasteiger partial charge in [0.15, 0.2) is 5.82 Å². The second kappa shape index (κ2) is 5.51. The van der Waals surface area contributed by atoms with Crippen LogP contribution in [0.4, 0.5) is 10.3 Å². The van der Waals surface area contributed by atoms with Gasteiger partial charge < -0.3 is 14.8 Å². The Morgan fingerprint density at radius 2 is 1.74 bits per heavy atom. The molecule has 0 atom stereocenters. The minimum atomic E-state index is -0.505. The summed E-state index contributed by atoms with van der Waals surface area (Å²) < 4.78 is 24.1. The molecule has 1 heterocycles. The molecule has 0 bridgehead atoms. The van der Waals surface area contributed by atoms with Crippen molar-refractivity contribution in [3.8, 4) is 22.8 Å². The van der Waals surface area contributed by atoms with E-state index in [0.717, 1.165) is 6.20 Å². The fourth-order valence-corrected chi connectivity index (χ4v) is 1.63. The predicted molar refractivity (Wildman–Crippen MR) is 70.1 cm³/mol. The van der Waals surface area contributed by atoms with E-state index in [1.165, 1.54) is 14.2 Å². The largest absolute Gasteiger partial charge is 0.497 e. The van der Waals surface area contributed by atoms with E-state index < -0.39 is 5.82 Å².